The van der Waals surface area contributed by atoms with Crippen molar-refractivity contribution in [1.82, 2.24) is 14.8 Å². The van der Waals surface area contributed by atoms with Crippen LogP contribution in [0.15, 0.2) is 67.0 Å². The molecule has 0 aliphatic heterocycles. The van der Waals surface area contributed by atoms with Crippen molar-refractivity contribution >= 4 is 33.9 Å². The van der Waals surface area contributed by atoms with Crippen LogP contribution in [0.5, 0.6) is 0 Å². The minimum absolute atomic E-state index is 0.589. The minimum Gasteiger partial charge on any atom is -0.352 e. The van der Waals surface area contributed by atoms with Crippen molar-refractivity contribution in [2.45, 2.75) is 25.3 Å². The van der Waals surface area contributed by atoms with Crippen molar-refractivity contribution in [2.24, 2.45) is 0 Å². The van der Waals surface area contributed by atoms with Crippen LogP contribution in [0.25, 0.3) is 10.9 Å². The van der Waals surface area contributed by atoms with Gasteiger partial charge in [-0.1, -0.05) is 41.9 Å². The van der Waals surface area contributed by atoms with Crippen LogP contribution in [0.1, 0.15) is 30.0 Å². The van der Waals surface area contributed by atoms with Crippen LogP contribution in [-0.2, 0) is 6.54 Å². The minimum atomic E-state index is 0.589. The summed E-state index contributed by atoms with van der Waals surface area (Å²) in [5.74, 6) is 0.589. The lowest BCUT2D eigenvalue weighted by Crippen LogP contribution is -1.99. The van der Waals surface area contributed by atoms with Gasteiger partial charge in [-0.15, -0.1) is 0 Å². The molecule has 5 heteroatoms. The van der Waals surface area contributed by atoms with E-state index < -0.39 is 0 Å². The van der Waals surface area contributed by atoms with Gasteiger partial charge in [0, 0.05) is 33.9 Å². The average Bonchev–Trinajstić information content (AvgIpc) is 3.44. The molecule has 4 nitrogen and oxygen atoms in total. The summed E-state index contributed by atoms with van der Waals surface area (Å²) in [7, 11) is 0. The molecule has 0 spiro atoms. The fourth-order valence-corrected chi connectivity index (χ4v) is 3.52. The predicted molar refractivity (Wildman–Crippen MR) is 110 cm³/mol. The van der Waals surface area contributed by atoms with Crippen LogP contribution in [0.2, 0.25) is 5.02 Å². The van der Waals surface area contributed by atoms with Crippen molar-refractivity contribution in [3.8, 4) is 0 Å². The lowest BCUT2D eigenvalue weighted by molar-refractivity contribution is 0.687. The second-order valence-electron chi connectivity index (χ2n) is 7.07. The van der Waals surface area contributed by atoms with Gasteiger partial charge >= 0.3 is 0 Å². The molecule has 0 atom stereocenters. The Bertz CT molecular complexity index is 1100. The standard InChI is InChI=1S/C22H19ClN4/c23-17-8-9-20-19(10-17)22(11-21(26-20)16-6-7-16)25-18-12-24-27(14-18)13-15-4-2-1-3-5-15/h1-5,8-12,14,16H,6-7,13H2,(H,25,26). The van der Waals surface area contributed by atoms with Gasteiger partial charge < -0.3 is 5.32 Å². The van der Waals surface area contributed by atoms with Crippen LogP contribution in [0, 0.1) is 0 Å². The van der Waals surface area contributed by atoms with Gasteiger partial charge in [-0.05, 0) is 42.7 Å². The van der Waals surface area contributed by atoms with E-state index in [1.54, 1.807) is 0 Å². The van der Waals surface area contributed by atoms with Gasteiger partial charge in [-0.3, -0.25) is 9.67 Å². The second kappa shape index (κ2) is 6.71. The van der Waals surface area contributed by atoms with E-state index in [9.17, 15) is 0 Å². The van der Waals surface area contributed by atoms with Crippen molar-refractivity contribution in [3.63, 3.8) is 0 Å². The second-order valence-corrected chi connectivity index (χ2v) is 7.50. The molecule has 1 N–H and O–H groups in total. The Morgan fingerprint density at radius 3 is 2.74 bits per heavy atom. The number of benzene rings is 2. The molecule has 4 aromatic rings. The zero-order valence-corrected chi connectivity index (χ0v) is 15.5. The molecular weight excluding hydrogens is 356 g/mol. The Hall–Kier alpha value is -2.85. The first kappa shape index (κ1) is 16.3. The Kier molecular flexibility index (Phi) is 4.06. The van der Waals surface area contributed by atoms with Crippen LogP contribution < -0.4 is 5.32 Å². The van der Waals surface area contributed by atoms with Crippen LogP contribution >= 0.6 is 11.6 Å². The number of halogens is 1. The Labute approximate surface area is 162 Å². The maximum Gasteiger partial charge on any atom is 0.0770 e. The number of fused-ring (bicyclic) bond motifs is 1. The topological polar surface area (TPSA) is 42.7 Å². The molecule has 2 aromatic carbocycles. The highest BCUT2D eigenvalue weighted by atomic mass is 35.5. The molecule has 0 amide bonds. The third-order valence-corrected chi connectivity index (χ3v) is 5.12. The summed E-state index contributed by atoms with van der Waals surface area (Å²) in [6.45, 7) is 0.749. The summed E-state index contributed by atoms with van der Waals surface area (Å²) in [5, 5.41) is 9.75. The molecule has 5 rings (SSSR count). The number of hydrogen-bond donors (Lipinski definition) is 1. The molecule has 2 heterocycles. The molecule has 134 valence electrons. The number of pyridine rings is 1. The molecule has 1 saturated carbocycles. The first-order valence-electron chi connectivity index (χ1n) is 9.18. The highest BCUT2D eigenvalue weighted by Crippen LogP contribution is 2.41. The van der Waals surface area contributed by atoms with Gasteiger partial charge in [0.1, 0.15) is 0 Å². The van der Waals surface area contributed by atoms with E-state index in [0.29, 0.717) is 10.9 Å². The van der Waals surface area contributed by atoms with E-state index in [-0.39, 0.29) is 0 Å². The van der Waals surface area contributed by atoms with Gasteiger partial charge in [0.15, 0.2) is 0 Å². The Morgan fingerprint density at radius 1 is 1.07 bits per heavy atom. The van der Waals surface area contributed by atoms with E-state index in [4.69, 9.17) is 16.6 Å². The molecule has 1 fully saturated rings. The van der Waals surface area contributed by atoms with Gasteiger partial charge in [0.25, 0.3) is 0 Å². The Balaban J connectivity index is 1.46. The fraction of sp³-hybridized carbons (Fsp3) is 0.182. The lowest BCUT2D eigenvalue weighted by atomic mass is 10.1. The maximum atomic E-state index is 6.23. The van der Waals surface area contributed by atoms with Crippen molar-refractivity contribution in [1.29, 1.82) is 0 Å². The van der Waals surface area contributed by atoms with Gasteiger partial charge in [0.05, 0.1) is 23.9 Å². The molecule has 27 heavy (non-hydrogen) atoms. The van der Waals surface area contributed by atoms with Crippen molar-refractivity contribution in [3.05, 3.63) is 83.3 Å². The number of rotatable bonds is 5. The van der Waals surface area contributed by atoms with Gasteiger partial charge in [-0.2, -0.15) is 5.10 Å². The molecule has 0 saturated heterocycles. The predicted octanol–water partition coefficient (Wildman–Crippen LogP) is 5.75. The van der Waals surface area contributed by atoms with Gasteiger partial charge in [-0.25, -0.2) is 0 Å². The van der Waals surface area contributed by atoms with Crippen molar-refractivity contribution in [2.75, 3.05) is 5.32 Å². The third kappa shape index (κ3) is 3.53. The van der Waals surface area contributed by atoms with E-state index in [1.165, 1.54) is 18.4 Å². The number of hydrogen-bond acceptors (Lipinski definition) is 3. The summed E-state index contributed by atoms with van der Waals surface area (Å²) < 4.78 is 1.94. The first-order valence-corrected chi connectivity index (χ1v) is 9.56. The number of aromatic nitrogens is 3. The van der Waals surface area contributed by atoms with Crippen LogP contribution in [0.4, 0.5) is 11.4 Å². The highest BCUT2D eigenvalue weighted by Gasteiger charge is 2.26. The average molecular weight is 375 g/mol. The summed E-state index contributed by atoms with van der Waals surface area (Å²) in [4.78, 5) is 4.82. The van der Waals surface area contributed by atoms with Crippen LogP contribution in [0.3, 0.4) is 0 Å². The molecule has 1 aliphatic rings. The van der Waals surface area contributed by atoms with Crippen LogP contribution in [-0.4, -0.2) is 14.8 Å². The summed E-state index contributed by atoms with van der Waals surface area (Å²) in [6, 6.07) is 18.3. The van der Waals surface area contributed by atoms with Gasteiger partial charge in [0.2, 0.25) is 0 Å². The Morgan fingerprint density at radius 2 is 1.93 bits per heavy atom. The first-order chi connectivity index (χ1) is 13.2. The van der Waals surface area contributed by atoms with E-state index in [2.05, 4.69) is 28.6 Å². The monoisotopic (exact) mass is 374 g/mol. The largest absolute Gasteiger partial charge is 0.352 e. The zero-order valence-electron chi connectivity index (χ0n) is 14.8. The summed E-state index contributed by atoms with van der Waals surface area (Å²) in [5.41, 5.74) is 5.35. The summed E-state index contributed by atoms with van der Waals surface area (Å²) in [6.07, 6.45) is 6.33. The smallest absolute Gasteiger partial charge is 0.0770 e. The molecule has 2 aromatic heterocycles. The van der Waals surface area contributed by atoms with E-state index in [0.717, 1.165) is 34.5 Å². The third-order valence-electron chi connectivity index (χ3n) is 4.89. The molecule has 0 bridgehead atoms. The number of anilines is 2. The normalized spacial score (nSPS) is 13.8. The lowest BCUT2D eigenvalue weighted by Gasteiger charge is -2.11. The zero-order chi connectivity index (χ0) is 18.2. The fourth-order valence-electron chi connectivity index (χ4n) is 3.35. The SMILES string of the molecule is Clc1ccc2nc(C3CC3)cc(Nc3cnn(Cc4ccccc4)c3)c2c1. The number of nitrogens with zero attached hydrogens (tertiary/aromatic N) is 3. The van der Waals surface area contributed by atoms with Crippen molar-refractivity contribution < 1.29 is 0 Å². The van der Waals surface area contributed by atoms with E-state index in [1.807, 2.05) is 53.5 Å². The summed E-state index contributed by atoms with van der Waals surface area (Å²) >= 11 is 6.23. The number of nitrogens with one attached hydrogen (secondary N) is 1. The quantitative estimate of drug-likeness (QED) is 0.483. The molecular formula is C22H19ClN4. The molecule has 0 radical (unpaired) electrons. The van der Waals surface area contributed by atoms with E-state index >= 15 is 0 Å². The highest BCUT2D eigenvalue weighted by molar-refractivity contribution is 6.31. The molecule has 1 aliphatic carbocycles. The molecule has 0 unspecified atom stereocenters. The maximum absolute atomic E-state index is 6.23.